The highest BCUT2D eigenvalue weighted by Crippen LogP contribution is 2.20. The zero-order valence-corrected chi connectivity index (χ0v) is 8.22. The van der Waals surface area contributed by atoms with Crippen LogP contribution in [0.5, 0.6) is 0 Å². The summed E-state index contributed by atoms with van der Waals surface area (Å²) in [5, 5.41) is 9.02. The van der Waals surface area contributed by atoms with E-state index in [1.807, 2.05) is 30.3 Å². The van der Waals surface area contributed by atoms with Gasteiger partial charge in [-0.15, -0.1) is 0 Å². The topological polar surface area (TPSA) is 59.1 Å². The lowest BCUT2D eigenvalue weighted by atomic mass is 10.1. The van der Waals surface area contributed by atoms with Crippen LogP contribution in [0.3, 0.4) is 0 Å². The van der Waals surface area contributed by atoms with Crippen molar-refractivity contribution in [1.82, 2.24) is 4.98 Å². The summed E-state index contributed by atoms with van der Waals surface area (Å²) in [7, 11) is 0. The molecule has 0 aliphatic rings. The minimum absolute atomic E-state index is 0.0518. The predicted molar refractivity (Wildman–Crippen MR) is 60.0 cm³/mol. The van der Waals surface area contributed by atoms with E-state index >= 15 is 0 Å². The summed E-state index contributed by atoms with van der Waals surface area (Å²) >= 11 is 0. The first-order valence-electron chi connectivity index (χ1n) is 4.71. The SMILES string of the molecule is Nc1ccc(-c2cccc(CO)c2)cn1. The van der Waals surface area contributed by atoms with Crippen LogP contribution in [-0.4, -0.2) is 10.1 Å². The smallest absolute Gasteiger partial charge is 0.123 e. The molecule has 0 unspecified atom stereocenters. The van der Waals surface area contributed by atoms with Gasteiger partial charge in [0.1, 0.15) is 5.82 Å². The Morgan fingerprint density at radius 1 is 1.13 bits per heavy atom. The third-order valence-electron chi connectivity index (χ3n) is 2.23. The fourth-order valence-electron chi connectivity index (χ4n) is 1.43. The second kappa shape index (κ2) is 4.11. The van der Waals surface area contributed by atoms with Gasteiger partial charge in [0.25, 0.3) is 0 Å². The molecule has 2 rings (SSSR count). The molecule has 0 fully saturated rings. The van der Waals surface area contributed by atoms with Crippen molar-refractivity contribution in [2.75, 3.05) is 5.73 Å². The maximum absolute atomic E-state index is 9.02. The summed E-state index contributed by atoms with van der Waals surface area (Å²) in [5.74, 6) is 0.511. The summed E-state index contributed by atoms with van der Waals surface area (Å²) in [4.78, 5) is 4.03. The molecular weight excluding hydrogens is 188 g/mol. The molecule has 3 heteroatoms. The van der Waals surface area contributed by atoms with E-state index in [0.29, 0.717) is 5.82 Å². The minimum atomic E-state index is 0.0518. The van der Waals surface area contributed by atoms with Crippen molar-refractivity contribution in [3.8, 4) is 11.1 Å². The Balaban J connectivity index is 2.40. The summed E-state index contributed by atoms with van der Waals surface area (Å²) in [5.41, 5.74) is 8.44. The highest BCUT2D eigenvalue weighted by atomic mass is 16.3. The lowest BCUT2D eigenvalue weighted by Gasteiger charge is -2.03. The number of aliphatic hydroxyl groups is 1. The van der Waals surface area contributed by atoms with Crippen LogP contribution in [0.25, 0.3) is 11.1 Å². The van der Waals surface area contributed by atoms with Crippen LogP contribution in [0, 0.1) is 0 Å². The van der Waals surface area contributed by atoms with Gasteiger partial charge in [-0.05, 0) is 29.3 Å². The molecule has 0 atom stereocenters. The largest absolute Gasteiger partial charge is 0.392 e. The van der Waals surface area contributed by atoms with Crippen molar-refractivity contribution >= 4 is 5.82 Å². The van der Waals surface area contributed by atoms with Crippen LogP contribution in [-0.2, 0) is 6.61 Å². The van der Waals surface area contributed by atoms with Gasteiger partial charge in [-0.1, -0.05) is 18.2 Å². The number of nitrogens with two attached hydrogens (primary N) is 1. The van der Waals surface area contributed by atoms with Crippen LogP contribution >= 0.6 is 0 Å². The van der Waals surface area contributed by atoms with Gasteiger partial charge in [-0.3, -0.25) is 0 Å². The Morgan fingerprint density at radius 2 is 2.00 bits per heavy atom. The molecule has 0 aliphatic heterocycles. The maximum atomic E-state index is 9.02. The van der Waals surface area contributed by atoms with Gasteiger partial charge in [0, 0.05) is 11.8 Å². The van der Waals surface area contributed by atoms with Gasteiger partial charge in [-0.25, -0.2) is 4.98 Å². The molecule has 0 saturated carbocycles. The Kier molecular flexibility index (Phi) is 2.65. The average Bonchev–Trinajstić information content (AvgIpc) is 2.30. The molecule has 1 heterocycles. The van der Waals surface area contributed by atoms with E-state index in [4.69, 9.17) is 10.8 Å². The Hall–Kier alpha value is -1.87. The minimum Gasteiger partial charge on any atom is -0.392 e. The maximum Gasteiger partial charge on any atom is 0.123 e. The summed E-state index contributed by atoms with van der Waals surface area (Å²) in [6, 6.07) is 11.4. The molecule has 0 spiro atoms. The Labute approximate surface area is 88.2 Å². The van der Waals surface area contributed by atoms with E-state index in [-0.39, 0.29) is 6.61 Å². The standard InChI is InChI=1S/C12H12N2O/c13-12-5-4-11(7-14-12)10-3-1-2-9(6-10)8-15/h1-7,15H,8H2,(H2,13,14). The molecule has 3 nitrogen and oxygen atoms in total. The van der Waals surface area contributed by atoms with E-state index in [0.717, 1.165) is 16.7 Å². The zero-order valence-electron chi connectivity index (χ0n) is 8.22. The average molecular weight is 200 g/mol. The molecule has 15 heavy (non-hydrogen) atoms. The number of pyridine rings is 1. The predicted octanol–water partition coefficient (Wildman–Crippen LogP) is 1.82. The van der Waals surface area contributed by atoms with Gasteiger partial charge in [0.05, 0.1) is 6.61 Å². The van der Waals surface area contributed by atoms with Gasteiger partial charge < -0.3 is 10.8 Å². The van der Waals surface area contributed by atoms with Crippen molar-refractivity contribution in [3.05, 3.63) is 48.2 Å². The van der Waals surface area contributed by atoms with Crippen molar-refractivity contribution in [2.24, 2.45) is 0 Å². The fourth-order valence-corrected chi connectivity index (χ4v) is 1.43. The summed E-state index contributed by atoms with van der Waals surface area (Å²) in [6.07, 6.45) is 1.73. The molecule has 2 aromatic rings. The molecule has 76 valence electrons. The number of aromatic nitrogens is 1. The highest BCUT2D eigenvalue weighted by molar-refractivity contribution is 5.64. The molecule has 0 saturated heterocycles. The number of hydrogen-bond donors (Lipinski definition) is 2. The van der Waals surface area contributed by atoms with E-state index in [1.165, 1.54) is 0 Å². The Bertz CT molecular complexity index is 451. The van der Waals surface area contributed by atoms with Crippen molar-refractivity contribution in [2.45, 2.75) is 6.61 Å². The second-order valence-corrected chi connectivity index (χ2v) is 3.33. The number of aliphatic hydroxyl groups excluding tert-OH is 1. The van der Waals surface area contributed by atoms with Crippen molar-refractivity contribution < 1.29 is 5.11 Å². The van der Waals surface area contributed by atoms with Crippen LogP contribution in [0.15, 0.2) is 42.6 Å². The third-order valence-corrected chi connectivity index (χ3v) is 2.23. The van der Waals surface area contributed by atoms with Crippen molar-refractivity contribution in [1.29, 1.82) is 0 Å². The van der Waals surface area contributed by atoms with Crippen LogP contribution in [0.4, 0.5) is 5.82 Å². The number of nitrogen functional groups attached to an aromatic ring is 1. The monoisotopic (exact) mass is 200 g/mol. The van der Waals surface area contributed by atoms with E-state index < -0.39 is 0 Å². The molecule has 1 aromatic heterocycles. The lowest BCUT2D eigenvalue weighted by Crippen LogP contribution is -1.89. The number of rotatable bonds is 2. The first-order chi connectivity index (χ1) is 7.29. The molecule has 0 amide bonds. The summed E-state index contributed by atoms with van der Waals surface area (Å²) < 4.78 is 0. The Morgan fingerprint density at radius 3 is 2.67 bits per heavy atom. The zero-order chi connectivity index (χ0) is 10.7. The van der Waals surface area contributed by atoms with Crippen LogP contribution in [0.2, 0.25) is 0 Å². The van der Waals surface area contributed by atoms with Crippen LogP contribution < -0.4 is 5.73 Å². The molecule has 3 N–H and O–H groups in total. The number of anilines is 1. The van der Waals surface area contributed by atoms with Gasteiger partial charge in [-0.2, -0.15) is 0 Å². The molecule has 0 radical (unpaired) electrons. The molecule has 0 aliphatic carbocycles. The van der Waals surface area contributed by atoms with E-state index in [9.17, 15) is 0 Å². The van der Waals surface area contributed by atoms with E-state index in [2.05, 4.69) is 4.98 Å². The second-order valence-electron chi connectivity index (χ2n) is 3.33. The van der Waals surface area contributed by atoms with Crippen LogP contribution in [0.1, 0.15) is 5.56 Å². The molecule has 1 aromatic carbocycles. The van der Waals surface area contributed by atoms with E-state index in [1.54, 1.807) is 12.3 Å². The number of hydrogen-bond acceptors (Lipinski definition) is 3. The van der Waals surface area contributed by atoms with Gasteiger partial charge >= 0.3 is 0 Å². The first-order valence-corrected chi connectivity index (χ1v) is 4.71. The molecule has 0 bridgehead atoms. The third kappa shape index (κ3) is 2.14. The fraction of sp³-hybridized carbons (Fsp3) is 0.0833. The van der Waals surface area contributed by atoms with Gasteiger partial charge in [0.2, 0.25) is 0 Å². The quantitative estimate of drug-likeness (QED) is 0.777. The normalized spacial score (nSPS) is 10.2. The van der Waals surface area contributed by atoms with Crippen molar-refractivity contribution in [3.63, 3.8) is 0 Å². The lowest BCUT2D eigenvalue weighted by molar-refractivity contribution is 0.282. The number of nitrogens with zero attached hydrogens (tertiary/aromatic N) is 1. The first kappa shape index (κ1) is 9.68. The molecular formula is C12H12N2O. The number of benzene rings is 1. The highest BCUT2D eigenvalue weighted by Gasteiger charge is 1.98. The van der Waals surface area contributed by atoms with Gasteiger partial charge in [0.15, 0.2) is 0 Å². The summed E-state index contributed by atoms with van der Waals surface area (Å²) in [6.45, 7) is 0.0518.